The molecule has 1 saturated heterocycles. The van der Waals surface area contributed by atoms with E-state index < -0.39 is 10.2 Å². The molecule has 2 aliphatic heterocycles. The second-order valence-corrected chi connectivity index (χ2v) is 11.2. The quantitative estimate of drug-likeness (QED) is 0.731. The standard InChI is InChI=1S/C21H35N5O2S/c1-16-18-11-7-13-25(15-17-9-5-4-6-10-17)21(18)23-20(22-16)19-12-8-14-26(19)29(27,28)24(2)3/h17,19H,4-15H2,1-3H3. The molecule has 1 aliphatic carbocycles. The molecule has 2 fully saturated rings. The zero-order valence-electron chi connectivity index (χ0n) is 18.1. The minimum Gasteiger partial charge on any atom is -0.356 e. The fourth-order valence-corrected chi connectivity index (χ4v) is 6.50. The summed E-state index contributed by atoms with van der Waals surface area (Å²) in [6.45, 7) is 4.72. The summed E-state index contributed by atoms with van der Waals surface area (Å²) in [5.41, 5.74) is 2.28. The van der Waals surface area contributed by atoms with Crippen LogP contribution in [0, 0.1) is 12.8 Å². The molecule has 29 heavy (non-hydrogen) atoms. The van der Waals surface area contributed by atoms with Crippen molar-refractivity contribution in [3.8, 4) is 0 Å². The van der Waals surface area contributed by atoms with Crippen LogP contribution in [0.5, 0.6) is 0 Å². The number of fused-ring (bicyclic) bond motifs is 1. The lowest BCUT2D eigenvalue weighted by Gasteiger charge is -2.35. The number of hydrogen-bond donors (Lipinski definition) is 0. The molecule has 3 heterocycles. The normalized spacial score (nSPS) is 24.3. The molecule has 162 valence electrons. The van der Waals surface area contributed by atoms with Crippen LogP contribution < -0.4 is 4.90 Å². The van der Waals surface area contributed by atoms with Gasteiger partial charge in [0.15, 0.2) is 0 Å². The fourth-order valence-electron chi connectivity index (χ4n) is 5.20. The highest BCUT2D eigenvalue weighted by Gasteiger charge is 2.39. The summed E-state index contributed by atoms with van der Waals surface area (Å²) in [6.07, 6.45) is 10.5. The summed E-state index contributed by atoms with van der Waals surface area (Å²) in [5, 5.41) is 0. The maximum atomic E-state index is 12.8. The fraction of sp³-hybridized carbons (Fsp3) is 0.810. The third kappa shape index (κ3) is 4.16. The summed E-state index contributed by atoms with van der Waals surface area (Å²) in [6, 6.07) is -0.259. The molecule has 1 atom stereocenters. The molecule has 0 spiro atoms. The van der Waals surface area contributed by atoms with E-state index in [0.717, 1.165) is 56.2 Å². The highest BCUT2D eigenvalue weighted by molar-refractivity contribution is 7.86. The first-order valence-corrected chi connectivity index (χ1v) is 12.6. The van der Waals surface area contributed by atoms with E-state index in [1.165, 1.54) is 42.0 Å². The van der Waals surface area contributed by atoms with E-state index in [2.05, 4.69) is 11.8 Å². The van der Waals surface area contributed by atoms with Crippen molar-refractivity contribution in [3.05, 3.63) is 17.1 Å². The number of aromatic nitrogens is 2. The van der Waals surface area contributed by atoms with E-state index in [0.29, 0.717) is 12.4 Å². The van der Waals surface area contributed by atoms with Gasteiger partial charge in [-0.15, -0.1) is 0 Å². The van der Waals surface area contributed by atoms with Gasteiger partial charge in [-0.3, -0.25) is 0 Å². The Hall–Kier alpha value is -1.25. The zero-order valence-corrected chi connectivity index (χ0v) is 18.9. The van der Waals surface area contributed by atoms with E-state index in [-0.39, 0.29) is 6.04 Å². The van der Waals surface area contributed by atoms with E-state index in [4.69, 9.17) is 9.97 Å². The van der Waals surface area contributed by atoms with E-state index in [9.17, 15) is 8.42 Å². The topological polar surface area (TPSA) is 69.6 Å². The molecule has 0 N–H and O–H groups in total. The number of anilines is 1. The van der Waals surface area contributed by atoms with Crippen molar-refractivity contribution < 1.29 is 8.42 Å². The van der Waals surface area contributed by atoms with Crippen molar-refractivity contribution in [2.75, 3.05) is 38.6 Å². The predicted molar refractivity (Wildman–Crippen MR) is 115 cm³/mol. The molecule has 1 aromatic heterocycles. The van der Waals surface area contributed by atoms with Gasteiger partial charge in [0.1, 0.15) is 11.6 Å². The zero-order chi connectivity index (χ0) is 20.6. The molecular formula is C21H35N5O2S. The highest BCUT2D eigenvalue weighted by atomic mass is 32.2. The molecule has 1 aromatic rings. The molecule has 0 aromatic carbocycles. The molecule has 1 saturated carbocycles. The first kappa shape index (κ1) is 21.0. The lowest BCUT2D eigenvalue weighted by atomic mass is 9.88. The number of aryl methyl sites for hydroxylation is 1. The Labute approximate surface area is 175 Å². The van der Waals surface area contributed by atoms with Gasteiger partial charge in [0.25, 0.3) is 10.2 Å². The Morgan fingerprint density at radius 1 is 1.00 bits per heavy atom. The minimum absolute atomic E-state index is 0.259. The maximum Gasteiger partial charge on any atom is 0.282 e. The van der Waals surface area contributed by atoms with Crippen LogP contribution in [0.15, 0.2) is 0 Å². The van der Waals surface area contributed by atoms with Crippen LogP contribution in [0.25, 0.3) is 0 Å². The molecule has 0 bridgehead atoms. The monoisotopic (exact) mass is 421 g/mol. The van der Waals surface area contributed by atoms with Gasteiger partial charge in [0.05, 0.1) is 6.04 Å². The van der Waals surface area contributed by atoms with Crippen LogP contribution in [-0.4, -0.2) is 60.7 Å². The second kappa shape index (κ2) is 8.47. The SMILES string of the molecule is Cc1nc(C2CCCN2S(=O)(=O)N(C)C)nc2c1CCCN2CC1CCCCC1. The van der Waals surface area contributed by atoms with E-state index >= 15 is 0 Å². The van der Waals surface area contributed by atoms with Gasteiger partial charge in [0, 0.05) is 45.0 Å². The molecule has 4 rings (SSSR count). The Kier molecular flexibility index (Phi) is 6.14. The first-order chi connectivity index (χ1) is 13.9. The average Bonchev–Trinajstić information content (AvgIpc) is 3.20. The van der Waals surface area contributed by atoms with Crippen LogP contribution in [0.4, 0.5) is 5.82 Å². The Morgan fingerprint density at radius 3 is 2.48 bits per heavy atom. The third-order valence-corrected chi connectivity index (χ3v) is 8.78. The van der Waals surface area contributed by atoms with Crippen LogP contribution in [0.2, 0.25) is 0 Å². The number of hydrogen-bond acceptors (Lipinski definition) is 5. The van der Waals surface area contributed by atoms with Crippen molar-refractivity contribution >= 4 is 16.0 Å². The van der Waals surface area contributed by atoms with Gasteiger partial charge < -0.3 is 4.90 Å². The van der Waals surface area contributed by atoms with Crippen LogP contribution in [-0.2, 0) is 16.6 Å². The molecular weight excluding hydrogens is 386 g/mol. The van der Waals surface area contributed by atoms with Crippen molar-refractivity contribution in [2.24, 2.45) is 5.92 Å². The van der Waals surface area contributed by atoms with Crippen molar-refractivity contribution in [3.63, 3.8) is 0 Å². The Balaban J connectivity index is 1.64. The molecule has 8 heteroatoms. The van der Waals surface area contributed by atoms with Gasteiger partial charge in [0.2, 0.25) is 0 Å². The van der Waals surface area contributed by atoms with Gasteiger partial charge in [-0.2, -0.15) is 17.0 Å². The van der Waals surface area contributed by atoms with Crippen molar-refractivity contribution in [1.82, 2.24) is 18.6 Å². The number of rotatable bonds is 5. The highest BCUT2D eigenvalue weighted by Crippen LogP contribution is 2.37. The lowest BCUT2D eigenvalue weighted by Crippen LogP contribution is -2.40. The van der Waals surface area contributed by atoms with Crippen molar-refractivity contribution in [1.29, 1.82) is 0 Å². The Morgan fingerprint density at radius 2 is 1.76 bits per heavy atom. The van der Waals surface area contributed by atoms with Gasteiger partial charge >= 0.3 is 0 Å². The molecule has 7 nitrogen and oxygen atoms in total. The summed E-state index contributed by atoms with van der Waals surface area (Å²) in [5.74, 6) is 2.50. The Bertz CT molecular complexity index is 836. The molecule has 1 unspecified atom stereocenters. The largest absolute Gasteiger partial charge is 0.356 e. The van der Waals surface area contributed by atoms with Gasteiger partial charge in [-0.05, 0) is 51.4 Å². The summed E-state index contributed by atoms with van der Waals surface area (Å²) < 4.78 is 28.5. The number of nitrogens with zero attached hydrogens (tertiary/aromatic N) is 5. The summed E-state index contributed by atoms with van der Waals surface area (Å²) in [4.78, 5) is 12.3. The van der Waals surface area contributed by atoms with Gasteiger partial charge in [-0.25, -0.2) is 9.97 Å². The molecule has 0 radical (unpaired) electrons. The van der Waals surface area contributed by atoms with Crippen LogP contribution >= 0.6 is 0 Å². The molecule has 0 amide bonds. The minimum atomic E-state index is -3.47. The third-order valence-electron chi connectivity index (χ3n) is 6.83. The van der Waals surface area contributed by atoms with Crippen molar-refractivity contribution in [2.45, 2.75) is 70.8 Å². The summed E-state index contributed by atoms with van der Waals surface area (Å²) in [7, 11) is -0.286. The summed E-state index contributed by atoms with van der Waals surface area (Å²) >= 11 is 0. The van der Waals surface area contributed by atoms with Crippen LogP contribution in [0.3, 0.4) is 0 Å². The van der Waals surface area contributed by atoms with Crippen LogP contribution in [0.1, 0.15) is 74.5 Å². The van der Waals surface area contributed by atoms with E-state index in [1.807, 2.05) is 0 Å². The molecule has 3 aliphatic rings. The van der Waals surface area contributed by atoms with E-state index in [1.54, 1.807) is 18.4 Å². The average molecular weight is 422 g/mol. The smallest absolute Gasteiger partial charge is 0.282 e. The second-order valence-electron chi connectivity index (χ2n) is 9.08. The first-order valence-electron chi connectivity index (χ1n) is 11.2. The maximum absolute atomic E-state index is 12.8. The lowest BCUT2D eigenvalue weighted by molar-refractivity contribution is 0.348. The predicted octanol–water partition coefficient (Wildman–Crippen LogP) is 3.06. The van der Waals surface area contributed by atoms with Gasteiger partial charge in [-0.1, -0.05) is 19.3 Å².